The third-order valence-corrected chi connectivity index (χ3v) is 8.01. The van der Waals surface area contributed by atoms with Gasteiger partial charge < -0.3 is 15.6 Å². The van der Waals surface area contributed by atoms with Gasteiger partial charge in [0.25, 0.3) is 11.5 Å². The number of amides is 1. The highest BCUT2D eigenvalue weighted by Crippen LogP contribution is 2.42. The van der Waals surface area contributed by atoms with Crippen LogP contribution in [0.5, 0.6) is 5.88 Å². The first-order valence-corrected chi connectivity index (χ1v) is 13.4. The average Bonchev–Trinajstić information content (AvgIpc) is 2.93. The molecule has 1 amide bonds. The summed E-state index contributed by atoms with van der Waals surface area (Å²) < 4.78 is 7.54. The second-order valence-corrected chi connectivity index (χ2v) is 10.6. The minimum atomic E-state index is -0.980. The van der Waals surface area contributed by atoms with Crippen LogP contribution in [-0.4, -0.2) is 56.3 Å². The van der Waals surface area contributed by atoms with E-state index in [1.807, 2.05) is 24.3 Å². The van der Waals surface area contributed by atoms with Crippen molar-refractivity contribution in [2.24, 2.45) is 19.8 Å². The Bertz CT molecular complexity index is 1810. The van der Waals surface area contributed by atoms with Crippen molar-refractivity contribution in [3.05, 3.63) is 90.5 Å². The largest absolute Gasteiger partial charge is 0.481 e. The molecule has 0 spiro atoms. The molecule has 1 aliphatic heterocycles. The molecule has 41 heavy (non-hydrogen) atoms. The summed E-state index contributed by atoms with van der Waals surface area (Å²) in [5.74, 6) is -0.526. The summed E-state index contributed by atoms with van der Waals surface area (Å²) in [7, 11) is 4.26. The first kappa shape index (κ1) is 28.6. The molecular formula is C29H27Cl2N5O5. The van der Waals surface area contributed by atoms with E-state index in [4.69, 9.17) is 38.7 Å². The van der Waals surface area contributed by atoms with E-state index in [1.165, 1.54) is 18.7 Å². The molecule has 1 fully saturated rings. The number of aliphatic hydroxyl groups is 1. The molecule has 3 N–H and O–H groups in total. The van der Waals surface area contributed by atoms with Gasteiger partial charge >= 0.3 is 5.69 Å². The third-order valence-electron chi connectivity index (χ3n) is 7.19. The van der Waals surface area contributed by atoms with Crippen molar-refractivity contribution in [1.29, 1.82) is 0 Å². The average molecular weight is 596 g/mol. The summed E-state index contributed by atoms with van der Waals surface area (Å²) in [6.07, 6.45) is -0.306. The first-order chi connectivity index (χ1) is 19.5. The number of likely N-dealkylation sites (tertiary alicyclic amines) is 1. The summed E-state index contributed by atoms with van der Waals surface area (Å²) >= 11 is 13.8. The Kier molecular flexibility index (Phi) is 7.76. The summed E-state index contributed by atoms with van der Waals surface area (Å²) in [6.45, 7) is 1.80. The minimum absolute atomic E-state index is 0.0152. The Morgan fingerprint density at radius 2 is 1.56 bits per heavy atom. The van der Waals surface area contributed by atoms with Gasteiger partial charge in [-0.3, -0.25) is 23.6 Å². The minimum Gasteiger partial charge on any atom is -0.481 e. The molecule has 4 aromatic rings. The predicted molar refractivity (Wildman–Crippen MR) is 157 cm³/mol. The van der Waals surface area contributed by atoms with Crippen molar-refractivity contribution in [2.45, 2.75) is 12.6 Å². The molecule has 1 aliphatic rings. The molecule has 0 radical (unpaired) electrons. The SMILES string of the molecule is COc1nc(-c2cccc(-c3cccc(-c4c(C(N)=O)c(=O)n(C)c(=O)n4C)c3Cl)c2Cl)ccc1CN1CC(O)C1. The van der Waals surface area contributed by atoms with Crippen LogP contribution in [0.3, 0.4) is 0 Å². The molecule has 212 valence electrons. The lowest BCUT2D eigenvalue weighted by Gasteiger charge is -2.35. The number of ether oxygens (including phenoxy) is 1. The van der Waals surface area contributed by atoms with Gasteiger partial charge in [0.05, 0.1) is 34.6 Å². The monoisotopic (exact) mass is 595 g/mol. The van der Waals surface area contributed by atoms with Crippen molar-refractivity contribution in [3.8, 4) is 39.5 Å². The zero-order valence-corrected chi connectivity index (χ0v) is 24.0. The maximum Gasteiger partial charge on any atom is 0.330 e. The molecule has 3 heterocycles. The quantitative estimate of drug-likeness (QED) is 0.335. The van der Waals surface area contributed by atoms with Gasteiger partial charge in [-0.1, -0.05) is 65.7 Å². The molecule has 2 aromatic heterocycles. The van der Waals surface area contributed by atoms with Gasteiger partial charge in [-0.25, -0.2) is 9.78 Å². The van der Waals surface area contributed by atoms with Crippen LogP contribution in [0.1, 0.15) is 15.9 Å². The fourth-order valence-corrected chi connectivity index (χ4v) is 5.71. The number of hydrogen-bond donors (Lipinski definition) is 2. The number of carbonyl (C=O) groups is 1. The van der Waals surface area contributed by atoms with Crippen LogP contribution in [0.15, 0.2) is 58.1 Å². The van der Waals surface area contributed by atoms with Gasteiger partial charge in [0.1, 0.15) is 5.56 Å². The van der Waals surface area contributed by atoms with Crippen LogP contribution in [0, 0.1) is 0 Å². The number of benzene rings is 2. The smallest absolute Gasteiger partial charge is 0.330 e. The van der Waals surface area contributed by atoms with Crippen LogP contribution < -0.4 is 21.7 Å². The normalized spacial score (nSPS) is 13.7. The van der Waals surface area contributed by atoms with E-state index in [-0.39, 0.29) is 27.9 Å². The highest BCUT2D eigenvalue weighted by atomic mass is 35.5. The van der Waals surface area contributed by atoms with Crippen molar-refractivity contribution in [1.82, 2.24) is 19.0 Å². The predicted octanol–water partition coefficient (Wildman–Crippen LogP) is 3.07. The number of halogens is 2. The molecule has 5 rings (SSSR count). The number of methoxy groups -OCH3 is 1. The molecule has 10 nitrogen and oxygen atoms in total. The molecule has 0 saturated carbocycles. The number of nitrogens with zero attached hydrogens (tertiary/aromatic N) is 4. The van der Waals surface area contributed by atoms with E-state index in [0.29, 0.717) is 52.9 Å². The molecule has 0 unspecified atom stereocenters. The summed E-state index contributed by atoms with van der Waals surface area (Å²) in [6, 6.07) is 14.2. The van der Waals surface area contributed by atoms with E-state index in [9.17, 15) is 19.5 Å². The lowest BCUT2D eigenvalue weighted by molar-refractivity contribution is -0.00330. The first-order valence-electron chi connectivity index (χ1n) is 12.7. The lowest BCUT2D eigenvalue weighted by Crippen LogP contribution is -2.49. The van der Waals surface area contributed by atoms with Crippen LogP contribution in [-0.2, 0) is 20.6 Å². The molecule has 2 aromatic carbocycles. The molecule has 12 heteroatoms. The number of nitrogens with two attached hydrogens (primary N) is 1. The van der Waals surface area contributed by atoms with Crippen molar-refractivity contribution in [3.63, 3.8) is 0 Å². The Morgan fingerprint density at radius 3 is 2.15 bits per heavy atom. The van der Waals surface area contributed by atoms with E-state index in [0.717, 1.165) is 10.1 Å². The molecule has 0 atom stereocenters. The third kappa shape index (κ3) is 5.04. The Morgan fingerprint density at radius 1 is 0.976 bits per heavy atom. The number of rotatable bonds is 7. The van der Waals surface area contributed by atoms with E-state index >= 15 is 0 Å². The van der Waals surface area contributed by atoms with Crippen molar-refractivity contribution < 1.29 is 14.6 Å². The number of β-amino-alcohol motifs (C(OH)–C–C–N with tert-alkyl or cyclic N) is 1. The second-order valence-electron chi connectivity index (χ2n) is 9.84. The number of pyridine rings is 1. The maximum absolute atomic E-state index is 12.8. The molecule has 1 saturated heterocycles. The van der Waals surface area contributed by atoms with E-state index < -0.39 is 17.2 Å². The number of aromatic nitrogens is 3. The fraction of sp³-hybridized carbons (Fsp3) is 0.241. The molecular weight excluding hydrogens is 569 g/mol. The number of hydrogen-bond acceptors (Lipinski definition) is 7. The highest BCUT2D eigenvalue weighted by Gasteiger charge is 2.26. The summed E-state index contributed by atoms with van der Waals surface area (Å²) in [5.41, 5.74) is 7.24. The standard InChI is InChI=1S/C29H27Cl2N5O5/c1-34-25(22(26(32)38)28(39)35(2)29(34)40)20-9-5-7-18(24(20)31)17-6-4-8-19(23(17)30)21-11-10-15(27(33-21)41-3)12-36-13-16(37)14-36/h4-11,16,37H,12-14H2,1-3H3,(H2,32,38). The molecule has 0 bridgehead atoms. The van der Waals surface area contributed by atoms with Gasteiger partial charge in [0, 0.05) is 61.5 Å². The van der Waals surface area contributed by atoms with Crippen LogP contribution in [0.25, 0.3) is 33.6 Å². The Labute approximate surface area is 245 Å². The topological polar surface area (TPSA) is 133 Å². The number of primary amides is 1. The fourth-order valence-electron chi connectivity index (χ4n) is 5.07. The van der Waals surface area contributed by atoms with Crippen molar-refractivity contribution >= 4 is 29.1 Å². The van der Waals surface area contributed by atoms with Crippen LogP contribution >= 0.6 is 23.2 Å². The lowest BCUT2D eigenvalue weighted by atomic mass is 9.97. The molecule has 0 aliphatic carbocycles. The summed E-state index contributed by atoms with van der Waals surface area (Å²) in [4.78, 5) is 44.7. The summed E-state index contributed by atoms with van der Waals surface area (Å²) in [5, 5.41) is 10.1. The Hall–Kier alpha value is -3.96. The number of carbonyl (C=O) groups excluding carboxylic acids is 1. The van der Waals surface area contributed by atoms with Gasteiger partial charge in [0.2, 0.25) is 5.88 Å². The highest BCUT2D eigenvalue weighted by molar-refractivity contribution is 6.39. The Balaban J connectivity index is 1.61. The maximum atomic E-state index is 12.8. The van der Waals surface area contributed by atoms with E-state index in [2.05, 4.69) is 4.90 Å². The zero-order valence-electron chi connectivity index (χ0n) is 22.5. The van der Waals surface area contributed by atoms with Crippen LogP contribution in [0.2, 0.25) is 10.0 Å². The van der Waals surface area contributed by atoms with Crippen LogP contribution in [0.4, 0.5) is 0 Å². The van der Waals surface area contributed by atoms with Gasteiger partial charge in [-0.2, -0.15) is 0 Å². The number of aliphatic hydroxyl groups excluding tert-OH is 1. The van der Waals surface area contributed by atoms with Gasteiger partial charge in [0.15, 0.2) is 0 Å². The second kappa shape index (κ2) is 11.1. The van der Waals surface area contributed by atoms with Gasteiger partial charge in [-0.05, 0) is 6.07 Å². The van der Waals surface area contributed by atoms with E-state index in [1.54, 1.807) is 31.4 Å². The van der Waals surface area contributed by atoms with Gasteiger partial charge in [-0.15, -0.1) is 0 Å². The van der Waals surface area contributed by atoms with Crippen molar-refractivity contribution in [2.75, 3.05) is 20.2 Å². The zero-order chi connectivity index (χ0) is 29.6.